The minimum atomic E-state index is -3.75. The number of hydrogen-bond donors (Lipinski definition) is 1. The summed E-state index contributed by atoms with van der Waals surface area (Å²) in [5, 5.41) is 10.6. The second-order valence-corrected chi connectivity index (χ2v) is 7.42. The van der Waals surface area contributed by atoms with E-state index in [4.69, 9.17) is 16.9 Å². The lowest BCUT2D eigenvalue weighted by atomic mass is 10.0. The summed E-state index contributed by atoms with van der Waals surface area (Å²) in [6.45, 7) is 4.00. The molecule has 21 heavy (non-hydrogen) atoms. The summed E-state index contributed by atoms with van der Waals surface area (Å²) in [7, 11) is -3.75. The quantitative estimate of drug-likeness (QED) is 0.926. The third kappa shape index (κ3) is 3.55. The van der Waals surface area contributed by atoms with Gasteiger partial charge in [0, 0.05) is 12.1 Å². The molecule has 0 aliphatic carbocycles. The number of hydrazine groups is 1. The van der Waals surface area contributed by atoms with Gasteiger partial charge in [0.1, 0.15) is 4.90 Å². The molecule has 2 atom stereocenters. The van der Waals surface area contributed by atoms with Gasteiger partial charge in [0.25, 0.3) is 10.0 Å². The molecule has 114 valence electrons. The molecule has 0 saturated carbocycles. The molecule has 2 unspecified atom stereocenters. The average molecular weight is 328 g/mol. The highest BCUT2D eigenvalue weighted by atomic mass is 35.5. The zero-order valence-corrected chi connectivity index (χ0v) is 13.6. The molecule has 1 fully saturated rings. The highest BCUT2D eigenvalue weighted by Gasteiger charge is 2.30. The van der Waals surface area contributed by atoms with Gasteiger partial charge in [-0.05, 0) is 44.9 Å². The Morgan fingerprint density at radius 2 is 1.95 bits per heavy atom. The number of nitrogens with one attached hydrogen (secondary N) is 1. The SMILES string of the molecule is CC1CCCC(C)N1NS(=O)(=O)c1ccc(C#N)cc1Cl. The molecule has 2 rings (SSSR count). The lowest BCUT2D eigenvalue weighted by Crippen LogP contribution is -2.53. The number of hydrogen-bond acceptors (Lipinski definition) is 4. The molecule has 1 aliphatic heterocycles. The second-order valence-electron chi connectivity index (χ2n) is 5.39. The molecule has 1 saturated heterocycles. The number of rotatable bonds is 3. The van der Waals surface area contributed by atoms with Crippen LogP contribution in [0.1, 0.15) is 38.7 Å². The molecule has 0 radical (unpaired) electrons. The summed E-state index contributed by atoms with van der Waals surface area (Å²) in [5.41, 5.74) is 0.332. The van der Waals surface area contributed by atoms with E-state index in [0.717, 1.165) is 19.3 Å². The van der Waals surface area contributed by atoms with Gasteiger partial charge in [-0.2, -0.15) is 5.26 Å². The highest BCUT2D eigenvalue weighted by Crippen LogP contribution is 2.25. The first kappa shape index (κ1) is 16.2. The molecule has 1 heterocycles. The van der Waals surface area contributed by atoms with Crippen molar-refractivity contribution in [3.8, 4) is 6.07 Å². The smallest absolute Gasteiger partial charge is 0.225 e. The van der Waals surface area contributed by atoms with Gasteiger partial charge in [0.15, 0.2) is 0 Å². The van der Waals surface area contributed by atoms with Crippen LogP contribution in [-0.2, 0) is 10.0 Å². The summed E-state index contributed by atoms with van der Waals surface area (Å²) < 4.78 is 25.0. The Morgan fingerprint density at radius 3 is 2.48 bits per heavy atom. The average Bonchev–Trinajstić information content (AvgIpc) is 2.42. The zero-order valence-electron chi connectivity index (χ0n) is 12.0. The van der Waals surface area contributed by atoms with Crippen molar-refractivity contribution >= 4 is 21.6 Å². The third-order valence-corrected chi connectivity index (χ3v) is 5.58. The Morgan fingerprint density at radius 1 is 1.33 bits per heavy atom. The Kier molecular flexibility index (Phi) is 4.89. The van der Waals surface area contributed by atoms with Crippen molar-refractivity contribution in [1.82, 2.24) is 9.84 Å². The van der Waals surface area contributed by atoms with Gasteiger partial charge in [-0.3, -0.25) is 0 Å². The van der Waals surface area contributed by atoms with Crippen LogP contribution >= 0.6 is 11.6 Å². The molecule has 7 heteroatoms. The predicted octanol–water partition coefficient (Wildman–Crippen LogP) is 2.67. The second kappa shape index (κ2) is 6.32. The van der Waals surface area contributed by atoms with Gasteiger partial charge in [-0.25, -0.2) is 13.4 Å². The molecule has 0 spiro atoms. The molecule has 1 aromatic carbocycles. The van der Waals surface area contributed by atoms with Crippen molar-refractivity contribution < 1.29 is 8.42 Å². The normalized spacial score (nSPS) is 23.7. The predicted molar refractivity (Wildman–Crippen MR) is 81.1 cm³/mol. The van der Waals surface area contributed by atoms with E-state index in [0.29, 0.717) is 5.56 Å². The van der Waals surface area contributed by atoms with Gasteiger partial charge < -0.3 is 0 Å². The van der Waals surface area contributed by atoms with Crippen LogP contribution in [0.15, 0.2) is 23.1 Å². The molecule has 0 bridgehead atoms. The van der Waals surface area contributed by atoms with E-state index >= 15 is 0 Å². The maximum atomic E-state index is 12.5. The van der Waals surface area contributed by atoms with Crippen LogP contribution < -0.4 is 4.83 Å². The number of sulfonamides is 1. The number of halogens is 1. The minimum Gasteiger partial charge on any atom is -0.225 e. The third-order valence-electron chi connectivity index (χ3n) is 3.77. The van der Waals surface area contributed by atoms with Crippen LogP contribution in [0.25, 0.3) is 0 Å². The van der Waals surface area contributed by atoms with E-state index in [1.807, 2.05) is 19.9 Å². The summed E-state index contributed by atoms with van der Waals surface area (Å²) in [6.07, 6.45) is 3.00. The van der Waals surface area contributed by atoms with Crippen LogP contribution in [0.4, 0.5) is 0 Å². The molecule has 0 aromatic heterocycles. The Hall–Kier alpha value is -1.13. The van der Waals surface area contributed by atoms with Crippen molar-refractivity contribution in [2.75, 3.05) is 0 Å². The first-order valence-electron chi connectivity index (χ1n) is 6.85. The van der Waals surface area contributed by atoms with E-state index in [1.165, 1.54) is 18.2 Å². The summed E-state index contributed by atoms with van der Waals surface area (Å²) in [6, 6.07) is 6.38. The fourth-order valence-corrected chi connectivity index (χ4v) is 4.36. The first-order valence-corrected chi connectivity index (χ1v) is 8.71. The van der Waals surface area contributed by atoms with Gasteiger partial charge in [-0.15, -0.1) is 4.83 Å². The Labute approximate surface area is 130 Å². The van der Waals surface area contributed by atoms with Crippen molar-refractivity contribution in [2.45, 2.75) is 50.1 Å². The maximum Gasteiger partial charge on any atom is 0.254 e. The monoisotopic (exact) mass is 327 g/mol. The number of nitrogens with zero attached hydrogens (tertiary/aromatic N) is 2. The molecule has 1 N–H and O–H groups in total. The number of piperidine rings is 1. The van der Waals surface area contributed by atoms with Gasteiger partial charge in [0.05, 0.1) is 16.7 Å². The van der Waals surface area contributed by atoms with Crippen molar-refractivity contribution in [1.29, 1.82) is 5.26 Å². The first-order chi connectivity index (χ1) is 9.85. The van der Waals surface area contributed by atoms with Gasteiger partial charge in [-0.1, -0.05) is 18.0 Å². The molecule has 1 aromatic rings. The molecular weight excluding hydrogens is 310 g/mol. The van der Waals surface area contributed by atoms with E-state index in [-0.39, 0.29) is 22.0 Å². The van der Waals surface area contributed by atoms with E-state index in [9.17, 15) is 8.42 Å². The van der Waals surface area contributed by atoms with Crippen molar-refractivity contribution in [2.24, 2.45) is 0 Å². The Balaban J connectivity index is 2.28. The van der Waals surface area contributed by atoms with E-state index in [2.05, 4.69) is 4.83 Å². The van der Waals surface area contributed by atoms with Crippen LogP contribution in [0, 0.1) is 11.3 Å². The minimum absolute atomic E-state index is 0.00635. The summed E-state index contributed by atoms with van der Waals surface area (Å²) in [5.74, 6) is 0. The number of nitriles is 1. The lowest BCUT2D eigenvalue weighted by Gasteiger charge is -2.38. The van der Waals surface area contributed by atoms with Crippen LogP contribution in [0.3, 0.4) is 0 Å². The topological polar surface area (TPSA) is 73.2 Å². The van der Waals surface area contributed by atoms with E-state index < -0.39 is 10.0 Å². The van der Waals surface area contributed by atoms with Crippen LogP contribution in [0.2, 0.25) is 5.02 Å². The van der Waals surface area contributed by atoms with Gasteiger partial charge in [0.2, 0.25) is 0 Å². The number of benzene rings is 1. The van der Waals surface area contributed by atoms with Crippen molar-refractivity contribution in [3.63, 3.8) is 0 Å². The lowest BCUT2D eigenvalue weighted by molar-refractivity contribution is 0.0790. The van der Waals surface area contributed by atoms with Gasteiger partial charge >= 0.3 is 0 Å². The van der Waals surface area contributed by atoms with Crippen LogP contribution in [0.5, 0.6) is 0 Å². The summed E-state index contributed by atoms with van der Waals surface area (Å²) >= 11 is 5.99. The maximum absolute atomic E-state index is 12.5. The molecule has 0 amide bonds. The standard InChI is InChI=1S/C14H18ClN3O2S/c1-10-4-3-5-11(2)18(10)17-21(19,20)14-7-6-12(9-16)8-13(14)15/h6-8,10-11,17H,3-5H2,1-2H3. The highest BCUT2D eigenvalue weighted by molar-refractivity contribution is 7.89. The van der Waals surface area contributed by atoms with E-state index in [1.54, 1.807) is 5.01 Å². The Bertz CT molecular complexity index is 659. The summed E-state index contributed by atoms with van der Waals surface area (Å²) in [4.78, 5) is 2.62. The fourth-order valence-electron chi connectivity index (χ4n) is 2.58. The van der Waals surface area contributed by atoms with Crippen LogP contribution in [-0.4, -0.2) is 25.5 Å². The fraction of sp³-hybridized carbons (Fsp3) is 0.500. The van der Waals surface area contributed by atoms with Crippen molar-refractivity contribution in [3.05, 3.63) is 28.8 Å². The molecular formula is C14H18ClN3O2S. The molecule has 1 aliphatic rings. The zero-order chi connectivity index (χ0) is 15.6. The molecule has 5 nitrogen and oxygen atoms in total. The largest absolute Gasteiger partial charge is 0.254 e.